The number of carbonyl (C=O) groups excluding carboxylic acids is 1. The van der Waals surface area contributed by atoms with E-state index in [4.69, 9.17) is 0 Å². The molecular weight excluding hydrogens is 440 g/mol. The molecule has 0 aliphatic carbocycles. The van der Waals surface area contributed by atoms with Crippen molar-refractivity contribution in [3.8, 4) is 11.1 Å². The maximum atomic E-state index is 13.0. The van der Waals surface area contributed by atoms with Crippen LogP contribution in [0, 0.1) is 0 Å². The summed E-state index contributed by atoms with van der Waals surface area (Å²) in [5.74, 6) is 0.0237. The number of nitrogens with one attached hydrogen (secondary N) is 1. The van der Waals surface area contributed by atoms with Gasteiger partial charge in [0.1, 0.15) is 6.04 Å². The van der Waals surface area contributed by atoms with Gasteiger partial charge in [-0.05, 0) is 41.7 Å². The fraction of sp³-hybridized carbons (Fsp3) is 0.250. The zero-order valence-corrected chi connectivity index (χ0v) is 18.6. The van der Waals surface area contributed by atoms with Crippen molar-refractivity contribution in [3.63, 3.8) is 0 Å². The molecule has 1 N–H and O–H groups in total. The zero-order chi connectivity index (χ0) is 21.1. The molecule has 0 saturated carbocycles. The molecule has 154 valence electrons. The van der Waals surface area contributed by atoms with E-state index in [1.165, 1.54) is 16.7 Å². The Balaban J connectivity index is 1.67. The second-order valence-electron chi connectivity index (χ2n) is 7.62. The highest BCUT2D eigenvalue weighted by Gasteiger charge is 2.32. The molecule has 1 aliphatic rings. The Bertz CT molecular complexity index is 1060. The molecule has 6 heteroatoms. The zero-order valence-electron chi connectivity index (χ0n) is 17.0. The molecule has 3 aromatic rings. The van der Waals surface area contributed by atoms with Crippen LogP contribution in [0.3, 0.4) is 0 Å². The topological polar surface area (TPSA) is 50.2 Å². The summed E-state index contributed by atoms with van der Waals surface area (Å²) in [6.07, 6.45) is 5.29. The van der Waals surface area contributed by atoms with E-state index in [2.05, 4.69) is 80.2 Å². The van der Waals surface area contributed by atoms with Crippen LogP contribution < -0.4 is 10.2 Å². The number of amides is 1. The highest BCUT2D eigenvalue weighted by molar-refractivity contribution is 9.11. The van der Waals surface area contributed by atoms with Gasteiger partial charge in [0.05, 0.1) is 18.6 Å². The van der Waals surface area contributed by atoms with Crippen molar-refractivity contribution in [3.05, 3.63) is 83.4 Å². The summed E-state index contributed by atoms with van der Waals surface area (Å²) in [7, 11) is 1.98. The van der Waals surface area contributed by atoms with E-state index in [1.54, 1.807) is 6.33 Å². The Morgan fingerprint density at radius 1 is 1.23 bits per heavy atom. The van der Waals surface area contributed by atoms with Gasteiger partial charge in [-0.3, -0.25) is 4.79 Å². The summed E-state index contributed by atoms with van der Waals surface area (Å²) in [6.45, 7) is 4.87. The van der Waals surface area contributed by atoms with Crippen molar-refractivity contribution in [1.82, 2.24) is 14.9 Å². The fourth-order valence-corrected chi connectivity index (χ4v) is 4.11. The predicted molar refractivity (Wildman–Crippen MR) is 124 cm³/mol. The van der Waals surface area contributed by atoms with Crippen LogP contribution in [0.1, 0.15) is 17.7 Å². The van der Waals surface area contributed by atoms with Gasteiger partial charge in [-0.25, -0.2) is 4.98 Å². The SMILES string of the molecule is C=C(Br)CNC(=O)C1CCc2cc(-c3ccccc3)ccc2N1Cc1cncn1C. The minimum absolute atomic E-state index is 0.0237. The first-order valence-corrected chi connectivity index (χ1v) is 10.8. The molecule has 0 bridgehead atoms. The van der Waals surface area contributed by atoms with E-state index in [0.717, 1.165) is 28.7 Å². The Kier molecular flexibility index (Phi) is 6.04. The van der Waals surface area contributed by atoms with Crippen molar-refractivity contribution in [2.75, 3.05) is 11.4 Å². The van der Waals surface area contributed by atoms with E-state index >= 15 is 0 Å². The summed E-state index contributed by atoms with van der Waals surface area (Å²) in [5.41, 5.74) is 5.85. The summed E-state index contributed by atoms with van der Waals surface area (Å²) < 4.78 is 2.76. The average Bonchev–Trinajstić information content (AvgIpc) is 3.17. The lowest BCUT2D eigenvalue weighted by Crippen LogP contribution is -2.49. The van der Waals surface area contributed by atoms with Crippen LogP contribution >= 0.6 is 15.9 Å². The van der Waals surface area contributed by atoms with Gasteiger partial charge in [0.15, 0.2) is 0 Å². The highest BCUT2D eigenvalue weighted by atomic mass is 79.9. The van der Waals surface area contributed by atoms with Crippen molar-refractivity contribution >= 4 is 27.5 Å². The number of hydrogen-bond acceptors (Lipinski definition) is 3. The Morgan fingerprint density at radius 3 is 2.73 bits per heavy atom. The number of benzene rings is 2. The molecule has 1 atom stereocenters. The predicted octanol–water partition coefficient (Wildman–Crippen LogP) is 4.43. The van der Waals surface area contributed by atoms with Crippen molar-refractivity contribution < 1.29 is 4.79 Å². The smallest absolute Gasteiger partial charge is 0.243 e. The molecule has 0 radical (unpaired) electrons. The van der Waals surface area contributed by atoms with Crippen LogP contribution in [0.4, 0.5) is 5.69 Å². The lowest BCUT2D eigenvalue weighted by atomic mass is 9.92. The number of aryl methyl sites for hydroxylation is 2. The summed E-state index contributed by atoms with van der Waals surface area (Å²) >= 11 is 3.32. The molecule has 2 heterocycles. The third kappa shape index (κ3) is 4.33. The van der Waals surface area contributed by atoms with Gasteiger partial charge in [-0.1, -0.05) is 58.9 Å². The second kappa shape index (κ2) is 8.88. The number of halogens is 1. The molecule has 30 heavy (non-hydrogen) atoms. The molecule has 0 fully saturated rings. The van der Waals surface area contributed by atoms with E-state index in [0.29, 0.717) is 13.1 Å². The first-order valence-electron chi connectivity index (χ1n) is 10.0. The lowest BCUT2D eigenvalue weighted by molar-refractivity contribution is -0.122. The van der Waals surface area contributed by atoms with Gasteiger partial charge < -0.3 is 14.8 Å². The fourth-order valence-electron chi connectivity index (χ4n) is 3.97. The molecule has 1 aromatic heterocycles. The van der Waals surface area contributed by atoms with Gasteiger partial charge in [0.25, 0.3) is 0 Å². The monoisotopic (exact) mass is 464 g/mol. The number of fused-ring (bicyclic) bond motifs is 1. The Labute approximate surface area is 185 Å². The minimum atomic E-state index is -0.234. The van der Waals surface area contributed by atoms with Crippen LogP contribution in [-0.2, 0) is 24.8 Å². The molecule has 1 amide bonds. The van der Waals surface area contributed by atoms with E-state index < -0.39 is 0 Å². The van der Waals surface area contributed by atoms with E-state index in [9.17, 15) is 4.79 Å². The lowest BCUT2D eigenvalue weighted by Gasteiger charge is -2.38. The summed E-state index contributed by atoms with van der Waals surface area (Å²) in [5, 5.41) is 2.99. The van der Waals surface area contributed by atoms with E-state index in [1.807, 2.05) is 23.9 Å². The normalized spacial score (nSPS) is 15.5. The number of imidazole rings is 1. The van der Waals surface area contributed by atoms with Gasteiger partial charge in [-0.15, -0.1) is 0 Å². The van der Waals surface area contributed by atoms with Crippen LogP contribution in [0.5, 0.6) is 0 Å². The molecule has 5 nitrogen and oxygen atoms in total. The third-order valence-electron chi connectivity index (χ3n) is 5.57. The summed E-state index contributed by atoms with van der Waals surface area (Å²) in [6, 6.07) is 16.7. The quantitative estimate of drug-likeness (QED) is 0.586. The molecule has 0 saturated heterocycles. The van der Waals surface area contributed by atoms with Gasteiger partial charge in [-0.2, -0.15) is 0 Å². The number of hydrogen-bond donors (Lipinski definition) is 1. The summed E-state index contributed by atoms with van der Waals surface area (Å²) in [4.78, 5) is 19.4. The molecule has 1 aliphatic heterocycles. The van der Waals surface area contributed by atoms with Crippen LogP contribution in [-0.4, -0.2) is 28.0 Å². The van der Waals surface area contributed by atoms with Crippen LogP contribution in [0.15, 0.2) is 72.1 Å². The molecule has 4 rings (SSSR count). The number of rotatable bonds is 6. The second-order valence-corrected chi connectivity index (χ2v) is 8.74. The van der Waals surface area contributed by atoms with Crippen LogP contribution in [0.2, 0.25) is 0 Å². The molecule has 1 unspecified atom stereocenters. The maximum Gasteiger partial charge on any atom is 0.243 e. The van der Waals surface area contributed by atoms with Gasteiger partial charge >= 0.3 is 0 Å². The first-order chi connectivity index (χ1) is 14.5. The number of carbonyl (C=O) groups is 1. The van der Waals surface area contributed by atoms with Crippen molar-refractivity contribution in [2.45, 2.75) is 25.4 Å². The maximum absolute atomic E-state index is 13.0. The molecular formula is C24H25BrN4O. The van der Waals surface area contributed by atoms with Crippen molar-refractivity contribution in [2.24, 2.45) is 7.05 Å². The molecule has 0 spiro atoms. The first kappa shape index (κ1) is 20.4. The third-order valence-corrected chi connectivity index (χ3v) is 5.85. The average molecular weight is 465 g/mol. The standard InChI is InChI=1S/C24H25BrN4O/c1-17(25)13-27-24(30)23-11-9-20-12-19(18-6-4-3-5-7-18)8-10-22(20)29(23)15-21-14-26-16-28(21)2/h3-8,10,12,14,16,23H,1,9,11,13,15H2,2H3,(H,27,30). The van der Waals surface area contributed by atoms with E-state index in [-0.39, 0.29) is 11.9 Å². The van der Waals surface area contributed by atoms with Gasteiger partial charge in [0.2, 0.25) is 5.91 Å². The molecule has 2 aromatic carbocycles. The largest absolute Gasteiger partial charge is 0.353 e. The Hall–Kier alpha value is -2.86. The minimum Gasteiger partial charge on any atom is -0.353 e. The van der Waals surface area contributed by atoms with Gasteiger partial charge in [0, 0.05) is 30.0 Å². The number of anilines is 1. The van der Waals surface area contributed by atoms with Crippen molar-refractivity contribution in [1.29, 1.82) is 0 Å². The number of aromatic nitrogens is 2. The Morgan fingerprint density at radius 2 is 2.03 bits per heavy atom. The van der Waals surface area contributed by atoms with Crippen LogP contribution in [0.25, 0.3) is 11.1 Å². The highest BCUT2D eigenvalue weighted by Crippen LogP contribution is 2.35. The number of nitrogens with zero attached hydrogens (tertiary/aromatic N) is 3.